The highest BCUT2D eigenvalue weighted by molar-refractivity contribution is 8.18. The summed E-state index contributed by atoms with van der Waals surface area (Å²) in [4.78, 5) is 28.2. The average Bonchev–Trinajstić information content (AvgIpc) is 2.85. The third-order valence-corrected chi connectivity index (χ3v) is 5.27. The molecule has 2 fully saturated rings. The first kappa shape index (κ1) is 18.4. The van der Waals surface area contributed by atoms with Crippen LogP contribution in [0.5, 0.6) is 0 Å². The molecule has 1 atom stereocenters. The molecule has 2 N–H and O–H groups in total. The molecular formula is C17H20ClN3O3S. The van der Waals surface area contributed by atoms with Crippen molar-refractivity contribution in [3.8, 4) is 0 Å². The molecule has 0 aliphatic carbocycles. The molecule has 2 amide bonds. The van der Waals surface area contributed by atoms with Gasteiger partial charge in [0.05, 0.1) is 17.6 Å². The molecule has 3 rings (SSSR count). The quantitative estimate of drug-likeness (QED) is 0.755. The highest BCUT2D eigenvalue weighted by Gasteiger charge is 2.36. The summed E-state index contributed by atoms with van der Waals surface area (Å²) in [5, 5.41) is 13.8. The summed E-state index contributed by atoms with van der Waals surface area (Å²) < 4.78 is 0. The second-order valence-corrected chi connectivity index (χ2v) is 7.48. The molecule has 2 aliphatic heterocycles. The van der Waals surface area contributed by atoms with Crippen molar-refractivity contribution in [2.45, 2.75) is 6.10 Å². The van der Waals surface area contributed by atoms with Gasteiger partial charge in [-0.2, -0.15) is 0 Å². The second kappa shape index (κ2) is 8.33. The third-order valence-electron chi connectivity index (χ3n) is 4.11. The van der Waals surface area contributed by atoms with E-state index in [1.165, 1.54) is 0 Å². The van der Waals surface area contributed by atoms with E-state index >= 15 is 0 Å². The minimum Gasteiger partial charge on any atom is -0.390 e. The Kier molecular flexibility index (Phi) is 6.14. The highest BCUT2D eigenvalue weighted by Crippen LogP contribution is 2.32. The Morgan fingerprint density at radius 1 is 1.20 bits per heavy atom. The highest BCUT2D eigenvalue weighted by atomic mass is 35.5. The van der Waals surface area contributed by atoms with Crippen molar-refractivity contribution in [3.05, 3.63) is 39.8 Å². The first-order chi connectivity index (χ1) is 12.0. The lowest BCUT2D eigenvalue weighted by Gasteiger charge is -2.29. The van der Waals surface area contributed by atoms with Gasteiger partial charge in [-0.3, -0.25) is 19.4 Å². The number of rotatable bonds is 5. The number of aliphatic hydroxyl groups excluding tert-OH is 1. The Balaban J connectivity index is 1.61. The summed E-state index contributed by atoms with van der Waals surface area (Å²) in [6, 6.07) is 7.04. The van der Waals surface area contributed by atoms with E-state index in [0.717, 1.165) is 48.4 Å². The summed E-state index contributed by atoms with van der Waals surface area (Å²) >= 11 is 6.75. The van der Waals surface area contributed by atoms with Gasteiger partial charge < -0.3 is 10.4 Å². The Bertz CT molecular complexity index is 674. The summed E-state index contributed by atoms with van der Waals surface area (Å²) in [7, 11) is 0. The van der Waals surface area contributed by atoms with E-state index in [1.54, 1.807) is 30.3 Å². The SMILES string of the molecule is O=C1S/C(=C\c2ccc(Cl)cc2)C(=O)N1CC(O)CN1CCNCC1. The maximum Gasteiger partial charge on any atom is 0.293 e. The molecule has 8 heteroatoms. The minimum atomic E-state index is -0.749. The molecule has 1 aromatic rings. The number of thioether (sulfide) groups is 1. The number of β-amino-alcohol motifs (C(OH)–C–C–N with tert-alkyl or cyclic N) is 1. The molecule has 0 saturated carbocycles. The average molecular weight is 382 g/mol. The van der Waals surface area contributed by atoms with Gasteiger partial charge in [0.25, 0.3) is 11.1 Å². The summed E-state index contributed by atoms with van der Waals surface area (Å²) in [6.45, 7) is 3.97. The van der Waals surface area contributed by atoms with Crippen LogP contribution >= 0.6 is 23.4 Å². The van der Waals surface area contributed by atoms with Crippen molar-refractivity contribution in [2.75, 3.05) is 39.3 Å². The number of carbonyl (C=O) groups excluding carboxylic acids is 2. The van der Waals surface area contributed by atoms with Gasteiger partial charge in [0.2, 0.25) is 0 Å². The van der Waals surface area contributed by atoms with Crippen molar-refractivity contribution in [1.82, 2.24) is 15.1 Å². The molecule has 1 unspecified atom stereocenters. The van der Waals surface area contributed by atoms with Crippen molar-refractivity contribution in [3.63, 3.8) is 0 Å². The van der Waals surface area contributed by atoms with Gasteiger partial charge in [-0.25, -0.2) is 0 Å². The maximum atomic E-state index is 12.5. The van der Waals surface area contributed by atoms with E-state index in [9.17, 15) is 14.7 Å². The normalized spacial score (nSPS) is 22.0. The van der Waals surface area contributed by atoms with Crippen LogP contribution in [0.15, 0.2) is 29.2 Å². The number of piperazine rings is 1. The van der Waals surface area contributed by atoms with Crippen LogP contribution in [-0.4, -0.2) is 71.4 Å². The number of imide groups is 1. The van der Waals surface area contributed by atoms with Gasteiger partial charge >= 0.3 is 0 Å². The van der Waals surface area contributed by atoms with Crippen LogP contribution in [0.25, 0.3) is 6.08 Å². The fraction of sp³-hybridized carbons (Fsp3) is 0.412. The molecule has 25 heavy (non-hydrogen) atoms. The number of benzene rings is 1. The first-order valence-electron chi connectivity index (χ1n) is 8.15. The fourth-order valence-electron chi connectivity index (χ4n) is 2.83. The predicted octanol–water partition coefficient (Wildman–Crippen LogP) is 1.64. The lowest BCUT2D eigenvalue weighted by Crippen LogP contribution is -2.48. The molecule has 1 aromatic carbocycles. The topological polar surface area (TPSA) is 72.9 Å². The summed E-state index contributed by atoms with van der Waals surface area (Å²) in [5.74, 6) is -0.357. The van der Waals surface area contributed by atoms with Crippen LogP contribution in [0.3, 0.4) is 0 Å². The molecular weight excluding hydrogens is 362 g/mol. The van der Waals surface area contributed by atoms with Crippen LogP contribution in [0, 0.1) is 0 Å². The molecule has 2 saturated heterocycles. The number of halogens is 1. The number of carbonyl (C=O) groups is 2. The van der Waals surface area contributed by atoms with Crippen LogP contribution in [0.4, 0.5) is 4.79 Å². The van der Waals surface area contributed by atoms with E-state index in [-0.39, 0.29) is 17.7 Å². The van der Waals surface area contributed by atoms with Crippen molar-refractivity contribution < 1.29 is 14.7 Å². The maximum absolute atomic E-state index is 12.5. The molecule has 0 bridgehead atoms. The fourth-order valence-corrected chi connectivity index (χ4v) is 3.80. The smallest absolute Gasteiger partial charge is 0.293 e. The second-order valence-electron chi connectivity index (χ2n) is 6.05. The van der Waals surface area contributed by atoms with Crippen molar-refractivity contribution in [1.29, 1.82) is 0 Å². The number of amides is 2. The Morgan fingerprint density at radius 2 is 1.88 bits per heavy atom. The Labute approximate surface area is 155 Å². The molecule has 0 spiro atoms. The molecule has 2 aliphatic rings. The van der Waals surface area contributed by atoms with Gasteiger partial charge in [-0.15, -0.1) is 0 Å². The van der Waals surface area contributed by atoms with Gasteiger partial charge in [-0.05, 0) is 35.5 Å². The lowest BCUT2D eigenvalue weighted by atomic mass is 10.2. The van der Waals surface area contributed by atoms with Gasteiger partial charge in [-0.1, -0.05) is 23.7 Å². The number of hydrogen-bond donors (Lipinski definition) is 2. The first-order valence-corrected chi connectivity index (χ1v) is 9.34. The van der Waals surface area contributed by atoms with Crippen LogP contribution in [0.1, 0.15) is 5.56 Å². The zero-order chi connectivity index (χ0) is 17.8. The monoisotopic (exact) mass is 381 g/mol. The Hall–Kier alpha value is -1.38. The van der Waals surface area contributed by atoms with E-state index in [4.69, 9.17) is 11.6 Å². The zero-order valence-corrected chi connectivity index (χ0v) is 15.2. The van der Waals surface area contributed by atoms with Crippen LogP contribution in [0.2, 0.25) is 5.02 Å². The lowest BCUT2D eigenvalue weighted by molar-refractivity contribution is -0.123. The predicted molar refractivity (Wildman–Crippen MR) is 99.4 cm³/mol. The summed E-state index contributed by atoms with van der Waals surface area (Å²) in [5.41, 5.74) is 0.802. The number of aliphatic hydroxyl groups is 1. The molecule has 0 aromatic heterocycles. The van der Waals surface area contributed by atoms with E-state index in [0.29, 0.717) is 16.5 Å². The third kappa shape index (κ3) is 4.83. The molecule has 6 nitrogen and oxygen atoms in total. The van der Waals surface area contributed by atoms with Crippen LogP contribution in [-0.2, 0) is 4.79 Å². The number of nitrogens with zero attached hydrogens (tertiary/aromatic N) is 2. The zero-order valence-electron chi connectivity index (χ0n) is 13.7. The Morgan fingerprint density at radius 3 is 2.56 bits per heavy atom. The van der Waals surface area contributed by atoms with Crippen LogP contribution < -0.4 is 5.32 Å². The van der Waals surface area contributed by atoms with E-state index < -0.39 is 6.10 Å². The van der Waals surface area contributed by atoms with Crippen molar-refractivity contribution >= 4 is 40.6 Å². The number of hydrogen-bond acceptors (Lipinski definition) is 6. The molecule has 2 heterocycles. The minimum absolute atomic E-state index is 0.0204. The van der Waals surface area contributed by atoms with E-state index in [2.05, 4.69) is 10.2 Å². The van der Waals surface area contributed by atoms with Gasteiger partial charge in [0, 0.05) is 37.7 Å². The van der Waals surface area contributed by atoms with E-state index in [1.807, 2.05) is 0 Å². The standard InChI is InChI=1S/C17H20ClN3O3S/c18-13-3-1-12(2-4-13)9-15-16(23)21(17(24)25-15)11-14(22)10-20-7-5-19-6-8-20/h1-4,9,14,19,22H,5-8,10-11H2/b15-9-. The summed E-state index contributed by atoms with van der Waals surface area (Å²) in [6.07, 6.45) is 0.922. The van der Waals surface area contributed by atoms with Gasteiger partial charge in [0.1, 0.15) is 0 Å². The molecule has 134 valence electrons. The van der Waals surface area contributed by atoms with Gasteiger partial charge in [0.15, 0.2) is 0 Å². The van der Waals surface area contributed by atoms with Crippen molar-refractivity contribution in [2.24, 2.45) is 0 Å². The molecule has 0 radical (unpaired) electrons. The largest absolute Gasteiger partial charge is 0.390 e. The number of nitrogens with one attached hydrogen (secondary N) is 1.